The molecule has 1 aromatic heterocycles. The number of aryl methyl sites for hydroxylation is 1. The maximum atomic E-state index is 12.7. The zero-order valence-electron chi connectivity index (χ0n) is 17.4. The smallest absolute Gasteiger partial charge is 0.359 e. The molecule has 0 aliphatic rings. The second-order valence-electron chi connectivity index (χ2n) is 7.19. The molecule has 0 unspecified atom stereocenters. The van der Waals surface area contributed by atoms with Gasteiger partial charge in [-0.15, -0.1) is 0 Å². The predicted molar refractivity (Wildman–Crippen MR) is 114 cm³/mol. The van der Waals surface area contributed by atoms with Gasteiger partial charge in [0, 0.05) is 24.5 Å². The first-order valence-corrected chi connectivity index (χ1v) is 9.92. The van der Waals surface area contributed by atoms with Crippen LogP contribution in [0.15, 0.2) is 59.4 Å². The van der Waals surface area contributed by atoms with Gasteiger partial charge in [-0.25, -0.2) is 9.48 Å². The number of nitrogens with zero attached hydrogens (tertiary/aromatic N) is 3. The molecule has 1 heterocycles. The summed E-state index contributed by atoms with van der Waals surface area (Å²) in [6, 6.07) is 16.3. The molecule has 0 saturated carbocycles. The average Bonchev–Trinajstić information content (AvgIpc) is 2.76. The van der Waals surface area contributed by atoms with E-state index in [2.05, 4.69) is 5.10 Å². The van der Waals surface area contributed by atoms with E-state index in [0.717, 1.165) is 5.56 Å². The van der Waals surface area contributed by atoms with Gasteiger partial charge in [0.25, 0.3) is 11.5 Å². The lowest BCUT2D eigenvalue weighted by molar-refractivity contribution is -0.136. The van der Waals surface area contributed by atoms with Gasteiger partial charge in [0.2, 0.25) is 0 Å². The lowest BCUT2D eigenvalue weighted by atomic mass is 10.1. The van der Waals surface area contributed by atoms with Gasteiger partial charge in [-0.05, 0) is 32.4 Å². The topological polar surface area (TPSA) is 81.5 Å². The summed E-state index contributed by atoms with van der Waals surface area (Å²) >= 11 is 0. The Morgan fingerprint density at radius 3 is 2.30 bits per heavy atom. The second kappa shape index (κ2) is 9.35. The largest absolute Gasteiger partial charge is 0.451 e. The van der Waals surface area contributed by atoms with E-state index in [9.17, 15) is 14.4 Å². The number of aromatic nitrogens is 2. The van der Waals surface area contributed by atoms with Crippen LogP contribution >= 0.6 is 0 Å². The molecule has 0 spiro atoms. The molecule has 0 aliphatic carbocycles. The first-order chi connectivity index (χ1) is 14.4. The van der Waals surface area contributed by atoms with Crippen LogP contribution in [-0.2, 0) is 22.6 Å². The van der Waals surface area contributed by atoms with Gasteiger partial charge in [-0.2, -0.15) is 5.10 Å². The van der Waals surface area contributed by atoms with Crippen molar-refractivity contribution in [3.63, 3.8) is 0 Å². The number of esters is 1. The number of hydrogen-bond donors (Lipinski definition) is 0. The summed E-state index contributed by atoms with van der Waals surface area (Å²) in [6.45, 7) is 5.94. The SMILES string of the molecule is CCn1nc(C(=O)OCC(=O)N(Cc2ccccc2)C(C)C)c2ccccc2c1=O. The number of ether oxygens (including phenoxy) is 1. The molecule has 0 bridgehead atoms. The lowest BCUT2D eigenvalue weighted by Crippen LogP contribution is -2.39. The molecule has 7 nitrogen and oxygen atoms in total. The Morgan fingerprint density at radius 1 is 1.03 bits per heavy atom. The lowest BCUT2D eigenvalue weighted by Gasteiger charge is -2.26. The molecular formula is C23H25N3O4. The standard InChI is InChI=1S/C23H25N3O4/c1-4-26-22(28)19-13-9-8-12-18(19)21(24-26)23(29)30-15-20(27)25(16(2)3)14-17-10-6-5-7-11-17/h5-13,16H,4,14-15H2,1-3H3. The number of amides is 1. The highest BCUT2D eigenvalue weighted by molar-refractivity contribution is 6.02. The molecule has 2 aromatic carbocycles. The molecule has 156 valence electrons. The minimum atomic E-state index is -0.731. The molecule has 0 saturated heterocycles. The van der Waals surface area contributed by atoms with E-state index in [1.165, 1.54) is 4.68 Å². The summed E-state index contributed by atoms with van der Waals surface area (Å²) in [4.78, 5) is 39.5. The van der Waals surface area contributed by atoms with Gasteiger partial charge < -0.3 is 9.64 Å². The Hall–Kier alpha value is -3.48. The maximum Gasteiger partial charge on any atom is 0.359 e. The van der Waals surface area contributed by atoms with Crippen LogP contribution in [-0.4, -0.2) is 39.2 Å². The molecule has 0 aliphatic heterocycles. The number of hydrogen-bond acceptors (Lipinski definition) is 5. The molecule has 0 atom stereocenters. The van der Waals surface area contributed by atoms with Crippen LogP contribution in [0.25, 0.3) is 10.8 Å². The van der Waals surface area contributed by atoms with E-state index in [-0.39, 0.29) is 23.2 Å². The molecule has 7 heteroatoms. The van der Waals surface area contributed by atoms with E-state index in [0.29, 0.717) is 23.9 Å². The molecule has 0 fully saturated rings. The number of carbonyl (C=O) groups is 2. The quantitative estimate of drug-likeness (QED) is 0.563. The fraction of sp³-hybridized carbons (Fsp3) is 0.304. The number of benzene rings is 2. The van der Waals surface area contributed by atoms with Crippen molar-refractivity contribution >= 4 is 22.6 Å². The van der Waals surface area contributed by atoms with Crippen molar-refractivity contribution in [2.75, 3.05) is 6.61 Å². The van der Waals surface area contributed by atoms with Crippen molar-refractivity contribution < 1.29 is 14.3 Å². The monoisotopic (exact) mass is 407 g/mol. The van der Waals surface area contributed by atoms with Crippen molar-refractivity contribution in [3.8, 4) is 0 Å². The van der Waals surface area contributed by atoms with Crippen LogP contribution in [0.4, 0.5) is 0 Å². The molecule has 3 aromatic rings. The highest BCUT2D eigenvalue weighted by Crippen LogP contribution is 2.15. The summed E-state index contributed by atoms with van der Waals surface area (Å²) in [6.07, 6.45) is 0. The summed E-state index contributed by atoms with van der Waals surface area (Å²) in [5.41, 5.74) is 0.752. The van der Waals surface area contributed by atoms with E-state index < -0.39 is 12.6 Å². The first kappa shape index (κ1) is 21.2. The van der Waals surface area contributed by atoms with Gasteiger partial charge in [0.05, 0.1) is 5.39 Å². The molecule has 30 heavy (non-hydrogen) atoms. The van der Waals surface area contributed by atoms with Crippen molar-refractivity contribution in [2.45, 2.75) is 39.9 Å². The van der Waals surface area contributed by atoms with Crippen molar-refractivity contribution in [3.05, 3.63) is 76.2 Å². The van der Waals surface area contributed by atoms with Crippen LogP contribution in [0, 0.1) is 0 Å². The minimum absolute atomic E-state index is 0.0269. The Labute approximate surface area is 174 Å². The molecule has 1 amide bonds. The van der Waals surface area contributed by atoms with Gasteiger partial charge in [-0.1, -0.05) is 48.5 Å². The van der Waals surface area contributed by atoms with Crippen LogP contribution < -0.4 is 5.56 Å². The van der Waals surface area contributed by atoms with Crippen molar-refractivity contribution in [2.24, 2.45) is 0 Å². The first-order valence-electron chi connectivity index (χ1n) is 9.92. The minimum Gasteiger partial charge on any atom is -0.451 e. The van der Waals surface area contributed by atoms with E-state index in [1.54, 1.807) is 36.1 Å². The number of fused-ring (bicyclic) bond motifs is 1. The summed E-state index contributed by atoms with van der Waals surface area (Å²) in [5.74, 6) is -1.03. The predicted octanol–water partition coefficient (Wildman–Crippen LogP) is 3.01. The zero-order valence-corrected chi connectivity index (χ0v) is 17.4. The fourth-order valence-corrected chi connectivity index (χ4v) is 3.22. The molecule has 3 rings (SSSR count). The van der Waals surface area contributed by atoms with Crippen LogP contribution in [0.2, 0.25) is 0 Å². The van der Waals surface area contributed by atoms with Gasteiger partial charge >= 0.3 is 5.97 Å². The Bertz CT molecular complexity index is 1110. The Balaban J connectivity index is 1.78. The zero-order chi connectivity index (χ0) is 21.7. The van der Waals surface area contributed by atoms with Crippen molar-refractivity contribution in [1.29, 1.82) is 0 Å². The number of rotatable bonds is 7. The van der Waals surface area contributed by atoms with Crippen LogP contribution in [0.3, 0.4) is 0 Å². The third-order valence-electron chi connectivity index (χ3n) is 4.83. The second-order valence-corrected chi connectivity index (χ2v) is 7.19. The molecule has 0 radical (unpaired) electrons. The third kappa shape index (κ3) is 4.56. The average molecular weight is 407 g/mol. The van der Waals surface area contributed by atoms with E-state index in [4.69, 9.17) is 4.74 Å². The van der Waals surface area contributed by atoms with E-state index >= 15 is 0 Å². The highest BCUT2D eigenvalue weighted by atomic mass is 16.5. The van der Waals surface area contributed by atoms with E-state index in [1.807, 2.05) is 44.2 Å². The highest BCUT2D eigenvalue weighted by Gasteiger charge is 2.22. The molecular weight excluding hydrogens is 382 g/mol. The summed E-state index contributed by atoms with van der Waals surface area (Å²) in [5, 5.41) is 4.95. The van der Waals surface area contributed by atoms with Crippen LogP contribution in [0.5, 0.6) is 0 Å². The normalized spacial score (nSPS) is 10.9. The summed E-state index contributed by atoms with van der Waals surface area (Å²) < 4.78 is 6.52. The van der Waals surface area contributed by atoms with Crippen molar-refractivity contribution in [1.82, 2.24) is 14.7 Å². The van der Waals surface area contributed by atoms with Crippen LogP contribution in [0.1, 0.15) is 36.8 Å². The summed E-state index contributed by atoms with van der Waals surface area (Å²) in [7, 11) is 0. The number of carbonyl (C=O) groups excluding carboxylic acids is 2. The molecule has 0 N–H and O–H groups in total. The van der Waals surface area contributed by atoms with Gasteiger partial charge in [0.1, 0.15) is 0 Å². The fourth-order valence-electron chi connectivity index (χ4n) is 3.22. The third-order valence-corrected chi connectivity index (χ3v) is 4.83. The van der Waals surface area contributed by atoms with Gasteiger partial charge in [-0.3, -0.25) is 9.59 Å². The maximum absolute atomic E-state index is 12.7. The Morgan fingerprint density at radius 2 is 1.67 bits per heavy atom. The Kier molecular flexibility index (Phi) is 6.61. The van der Waals surface area contributed by atoms with Gasteiger partial charge in [0.15, 0.2) is 12.3 Å².